The fourth-order valence-electron chi connectivity index (χ4n) is 6.85. The maximum Gasteiger partial charge on any atom is 0.416 e. The molecule has 1 aliphatic heterocycles. The number of anilines is 2. The van der Waals surface area contributed by atoms with Crippen LogP contribution < -0.4 is 15.5 Å². The summed E-state index contributed by atoms with van der Waals surface area (Å²) in [6, 6.07) is 10.3. The molecule has 0 spiro atoms. The second-order valence-corrected chi connectivity index (χ2v) is 13.5. The van der Waals surface area contributed by atoms with E-state index in [1.165, 1.54) is 4.90 Å². The van der Waals surface area contributed by atoms with Gasteiger partial charge in [-0.3, -0.25) is 14.7 Å². The molecule has 2 aliphatic carbocycles. The first-order valence-electron chi connectivity index (χ1n) is 16.2. The SMILES string of the molecule is COCC1(NCc2cc3c(c(C(F)(F)F)c2)CN(c2cc(-c4cc(C)ncc4-c4nncn4C)cc(NC4(CC#N)CC4)n2)C3=O)CCC1. The summed E-state index contributed by atoms with van der Waals surface area (Å²) in [7, 11) is 3.42. The highest BCUT2D eigenvalue weighted by molar-refractivity contribution is 6.10. The Morgan fingerprint density at radius 1 is 1.06 bits per heavy atom. The van der Waals surface area contributed by atoms with Gasteiger partial charge in [-0.1, -0.05) is 0 Å². The van der Waals surface area contributed by atoms with Crippen molar-refractivity contribution in [2.45, 2.75) is 75.8 Å². The van der Waals surface area contributed by atoms with E-state index >= 15 is 0 Å². The summed E-state index contributed by atoms with van der Waals surface area (Å²) in [4.78, 5) is 24.6. The number of aryl methyl sites for hydroxylation is 2. The number of nitrogens with zero attached hydrogens (tertiary/aromatic N) is 7. The molecule has 1 amide bonds. The molecule has 0 atom stereocenters. The van der Waals surface area contributed by atoms with Crippen LogP contribution in [-0.2, 0) is 31.1 Å². The number of carbonyl (C=O) groups excluding carboxylic acids is 1. The molecule has 3 aliphatic rings. The van der Waals surface area contributed by atoms with E-state index in [1.54, 1.807) is 36.3 Å². The Morgan fingerprint density at radius 3 is 2.49 bits per heavy atom. The summed E-state index contributed by atoms with van der Waals surface area (Å²) in [6.07, 6.45) is 3.16. The molecule has 4 aromatic rings. The monoisotopic (exact) mass is 671 g/mol. The van der Waals surface area contributed by atoms with Gasteiger partial charge in [0.2, 0.25) is 0 Å². The predicted molar refractivity (Wildman–Crippen MR) is 175 cm³/mol. The van der Waals surface area contributed by atoms with Crippen LogP contribution in [0.1, 0.15) is 71.3 Å². The minimum Gasteiger partial charge on any atom is -0.383 e. The molecule has 0 radical (unpaired) electrons. The average molecular weight is 672 g/mol. The van der Waals surface area contributed by atoms with E-state index in [2.05, 4.69) is 31.9 Å². The third kappa shape index (κ3) is 6.24. The molecule has 2 N–H and O–H groups in total. The average Bonchev–Trinajstić information content (AvgIpc) is 3.52. The minimum atomic E-state index is -4.67. The number of amides is 1. The predicted octanol–water partition coefficient (Wildman–Crippen LogP) is 5.94. The van der Waals surface area contributed by atoms with Crippen LogP contribution in [0, 0.1) is 18.3 Å². The van der Waals surface area contributed by atoms with Crippen LogP contribution in [0.25, 0.3) is 22.5 Å². The number of fused-ring (bicyclic) bond motifs is 1. The van der Waals surface area contributed by atoms with Crippen LogP contribution >= 0.6 is 0 Å². The number of ether oxygens (including phenoxy) is 1. The summed E-state index contributed by atoms with van der Waals surface area (Å²) in [6.45, 7) is 2.18. The van der Waals surface area contributed by atoms with E-state index in [-0.39, 0.29) is 42.0 Å². The molecular formula is C35H36F3N9O2. The number of pyridine rings is 2. The van der Waals surface area contributed by atoms with Gasteiger partial charge in [0.25, 0.3) is 5.91 Å². The molecule has 7 rings (SSSR count). The van der Waals surface area contributed by atoms with Gasteiger partial charge in [0.1, 0.15) is 18.0 Å². The maximum absolute atomic E-state index is 14.6. The zero-order chi connectivity index (χ0) is 34.6. The Hall–Kier alpha value is -4.87. The van der Waals surface area contributed by atoms with Gasteiger partial charge in [0, 0.05) is 49.3 Å². The van der Waals surface area contributed by atoms with Crippen molar-refractivity contribution >= 4 is 17.5 Å². The second kappa shape index (κ2) is 12.2. The van der Waals surface area contributed by atoms with Gasteiger partial charge in [-0.2, -0.15) is 18.4 Å². The van der Waals surface area contributed by atoms with Gasteiger partial charge < -0.3 is 19.9 Å². The molecule has 14 heteroatoms. The topological polar surface area (TPSA) is 134 Å². The number of halogens is 3. The molecule has 254 valence electrons. The Bertz CT molecular complexity index is 1980. The van der Waals surface area contributed by atoms with Gasteiger partial charge in [-0.15, -0.1) is 10.2 Å². The number of carbonyl (C=O) groups is 1. The van der Waals surface area contributed by atoms with Gasteiger partial charge in [0.15, 0.2) is 5.82 Å². The van der Waals surface area contributed by atoms with E-state index in [9.17, 15) is 23.2 Å². The van der Waals surface area contributed by atoms with Gasteiger partial charge in [-0.05, 0) is 91.6 Å². The van der Waals surface area contributed by atoms with Crippen LogP contribution in [0.4, 0.5) is 24.8 Å². The van der Waals surface area contributed by atoms with Crippen LogP contribution in [0.3, 0.4) is 0 Å². The Morgan fingerprint density at radius 2 is 1.86 bits per heavy atom. The summed E-state index contributed by atoms with van der Waals surface area (Å²) in [5, 5.41) is 24.5. The molecule has 0 saturated heterocycles. The normalized spacial score (nSPS) is 17.4. The van der Waals surface area contributed by atoms with Crippen molar-refractivity contribution < 1.29 is 22.7 Å². The van der Waals surface area contributed by atoms with Crippen molar-refractivity contribution in [1.82, 2.24) is 30.0 Å². The van der Waals surface area contributed by atoms with Crippen molar-refractivity contribution in [1.29, 1.82) is 5.26 Å². The van der Waals surface area contributed by atoms with Crippen molar-refractivity contribution in [3.8, 4) is 28.6 Å². The number of methoxy groups -OCH3 is 1. The maximum atomic E-state index is 14.6. The number of hydrogen-bond donors (Lipinski definition) is 2. The molecule has 0 bridgehead atoms. The third-order valence-corrected chi connectivity index (χ3v) is 9.86. The fourth-order valence-corrected chi connectivity index (χ4v) is 6.85. The standard InChI is InChI=1S/C35H36F3N9O2/c1-21-11-24(26(17-40-21)31-45-42-20-46(31)2)23-14-29(44-33(7-8-33)9-10-39)43-30(15-23)47-18-27-25(32(47)48)12-22(13-28(27)35(36,37)38)16-41-34(19-49-3)5-4-6-34/h11-15,17,20,41H,4-9,16,18-19H2,1-3H3,(H,43,44). The zero-order valence-electron chi connectivity index (χ0n) is 27.5. The Labute approximate surface area is 281 Å². The van der Waals surface area contributed by atoms with Crippen molar-refractivity contribution in [2.24, 2.45) is 7.05 Å². The van der Waals surface area contributed by atoms with Gasteiger partial charge >= 0.3 is 6.18 Å². The smallest absolute Gasteiger partial charge is 0.383 e. The second-order valence-electron chi connectivity index (χ2n) is 13.5. The van der Waals surface area contributed by atoms with E-state index in [0.29, 0.717) is 34.9 Å². The highest BCUT2D eigenvalue weighted by atomic mass is 19.4. The quantitative estimate of drug-likeness (QED) is 0.199. The van der Waals surface area contributed by atoms with Crippen LogP contribution in [-0.4, -0.2) is 55.4 Å². The summed E-state index contributed by atoms with van der Waals surface area (Å²) < 4.78 is 50.9. The first kappa shape index (κ1) is 32.7. The minimum absolute atomic E-state index is 0.00501. The number of rotatable bonds is 11. The van der Waals surface area contributed by atoms with E-state index in [0.717, 1.165) is 49.4 Å². The highest BCUT2D eigenvalue weighted by Crippen LogP contribution is 2.44. The number of benzene rings is 1. The molecule has 11 nitrogen and oxygen atoms in total. The molecule has 3 aromatic heterocycles. The lowest BCUT2D eigenvalue weighted by Crippen LogP contribution is -2.53. The highest BCUT2D eigenvalue weighted by Gasteiger charge is 2.44. The molecule has 2 saturated carbocycles. The lowest BCUT2D eigenvalue weighted by atomic mass is 9.77. The molecule has 0 unspecified atom stereocenters. The first-order chi connectivity index (χ1) is 23.4. The Balaban J connectivity index is 1.30. The first-order valence-corrected chi connectivity index (χ1v) is 16.2. The van der Waals surface area contributed by atoms with Crippen molar-refractivity contribution in [2.75, 3.05) is 23.9 Å². The number of alkyl halides is 3. The van der Waals surface area contributed by atoms with Crippen molar-refractivity contribution in [3.63, 3.8) is 0 Å². The number of hydrogen-bond acceptors (Lipinski definition) is 9. The third-order valence-electron chi connectivity index (χ3n) is 9.86. The number of aromatic nitrogens is 5. The van der Waals surface area contributed by atoms with Gasteiger partial charge in [-0.25, -0.2) is 4.98 Å². The van der Waals surface area contributed by atoms with Crippen LogP contribution in [0.15, 0.2) is 42.9 Å². The largest absolute Gasteiger partial charge is 0.416 e. The van der Waals surface area contributed by atoms with Crippen LogP contribution in [0.2, 0.25) is 0 Å². The van der Waals surface area contributed by atoms with E-state index in [4.69, 9.17) is 9.72 Å². The lowest BCUT2D eigenvalue weighted by Gasteiger charge is -2.42. The molecule has 4 heterocycles. The number of nitrogens with one attached hydrogen (secondary N) is 2. The lowest BCUT2D eigenvalue weighted by molar-refractivity contribution is -0.138. The summed E-state index contributed by atoms with van der Waals surface area (Å²) in [5.41, 5.74) is 1.52. The van der Waals surface area contributed by atoms with Crippen LogP contribution in [0.5, 0.6) is 0 Å². The van der Waals surface area contributed by atoms with E-state index in [1.807, 2.05) is 26.1 Å². The summed E-state index contributed by atoms with van der Waals surface area (Å²) in [5.74, 6) is 0.597. The van der Waals surface area contributed by atoms with Gasteiger partial charge in [0.05, 0.1) is 36.7 Å². The molecular weight excluding hydrogens is 635 g/mol. The zero-order valence-corrected chi connectivity index (χ0v) is 27.5. The molecule has 1 aromatic carbocycles. The number of nitriles is 1. The molecule has 2 fully saturated rings. The van der Waals surface area contributed by atoms with E-state index < -0.39 is 23.2 Å². The fraction of sp³-hybridized carbons (Fsp3) is 0.429. The molecule has 49 heavy (non-hydrogen) atoms. The van der Waals surface area contributed by atoms with Crippen molar-refractivity contribution in [3.05, 3.63) is 70.8 Å². The summed E-state index contributed by atoms with van der Waals surface area (Å²) >= 11 is 0. The Kier molecular flexibility index (Phi) is 8.15.